The molecule has 3 heteroatoms. The fraction of sp³-hybridized carbons (Fsp3) is 0.429. The van der Waals surface area contributed by atoms with E-state index in [0.29, 0.717) is 0 Å². The number of aryl methyl sites for hydroxylation is 2. The quantitative estimate of drug-likeness (QED) is 0.128. The number of rotatable bonds is 12. The molecule has 0 radical (unpaired) electrons. The van der Waals surface area contributed by atoms with Crippen molar-refractivity contribution in [3.05, 3.63) is 111 Å². The van der Waals surface area contributed by atoms with Gasteiger partial charge in [0.05, 0.1) is 0 Å². The minimum Gasteiger partial charge on any atom is -0.398 e. The molecule has 0 bridgehead atoms. The molecule has 38 heavy (non-hydrogen) atoms. The Morgan fingerprint density at radius 1 is 1.05 bits per heavy atom. The van der Waals surface area contributed by atoms with Crippen molar-refractivity contribution in [2.45, 2.75) is 87.6 Å². The maximum absolute atomic E-state index is 6.51. The minimum absolute atomic E-state index is 0.0418. The van der Waals surface area contributed by atoms with Crippen LogP contribution in [0, 0.1) is 19.3 Å². The summed E-state index contributed by atoms with van der Waals surface area (Å²) in [6.45, 7) is 25.7. The summed E-state index contributed by atoms with van der Waals surface area (Å²) < 4.78 is 2.49. The molecule has 0 spiro atoms. The molecule has 0 aliphatic heterocycles. The van der Waals surface area contributed by atoms with Gasteiger partial charge in [-0.1, -0.05) is 88.4 Å². The van der Waals surface area contributed by atoms with Gasteiger partial charge in [0.15, 0.2) is 0 Å². The van der Waals surface area contributed by atoms with Gasteiger partial charge in [0.25, 0.3) is 0 Å². The summed E-state index contributed by atoms with van der Waals surface area (Å²) in [4.78, 5) is 1.28. The number of nitrogens with zero attached hydrogens (tertiary/aromatic N) is 1. The minimum atomic E-state index is 0.0418. The molecule has 1 atom stereocenters. The largest absolute Gasteiger partial charge is 0.398 e. The Hall–Kier alpha value is -2.49. The van der Waals surface area contributed by atoms with Gasteiger partial charge < -0.3 is 5.73 Å². The third-order valence-electron chi connectivity index (χ3n) is 7.18. The van der Waals surface area contributed by atoms with Crippen molar-refractivity contribution in [2.75, 3.05) is 12.3 Å². The molecule has 2 nitrogen and oxygen atoms in total. The van der Waals surface area contributed by atoms with Crippen molar-refractivity contribution >= 4 is 17.6 Å². The lowest BCUT2D eigenvalue weighted by Gasteiger charge is -2.34. The first kappa shape index (κ1) is 31.7. The van der Waals surface area contributed by atoms with E-state index in [1.165, 1.54) is 38.3 Å². The molecule has 0 saturated carbocycles. The SMILES string of the molecule is C=CCCN(Cc1cc(C(c2ccc(C)c(N)c2C)C(C)(C)C)ccc1CC)SC(/C=C\C)=C(C)/C=C\C. The van der Waals surface area contributed by atoms with E-state index in [9.17, 15) is 0 Å². The molecule has 0 aromatic heterocycles. The van der Waals surface area contributed by atoms with Crippen molar-refractivity contribution in [3.63, 3.8) is 0 Å². The molecular weight excluding hydrogens is 480 g/mol. The lowest BCUT2D eigenvalue weighted by Crippen LogP contribution is -2.22. The van der Waals surface area contributed by atoms with Crippen LogP contribution in [-0.2, 0) is 13.0 Å². The van der Waals surface area contributed by atoms with E-state index in [1.54, 1.807) is 0 Å². The first-order valence-corrected chi connectivity index (χ1v) is 14.7. The summed E-state index contributed by atoms with van der Waals surface area (Å²) >= 11 is 1.85. The van der Waals surface area contributed by atoms with Gasteiger partial charge in [-0.3, -0.25) is 0 Å². The third-order valence-corrected chi connectivity index (χ3v) is 8.40. The molecular formula is C35H50N2S. The summed E-state index contributed by atoms with van der Waals surface area (Å²) in [5.74, 6) is 0.250. The number of anilines is 1. The van der Waals surface area contributed by atoms with Crippen molar-refractivity contribution in [1.82, 2.24) is 4.31 Å². The number of hydrogen-bond acceptors (Lipinski definition) is 3. The van der Waals surface area contributed by atoms with Crippen molar-refractivity contribution in [1.29, 1.82) is 0 Å². The van der Waals surface area contributed by atoms with E-state index in [2.05, 4.69) is 128 Å². The summed E-state index contributed by atoms with van der Waals surface area (Å²) in [5, 5.41) is 0. The lowest BCUT2D eigenvalue weighted by atomic mass is 9.70. The Kier molecular flexibility index (Phi) is 12.2. The fourth-order valence-electron chi connectivity index (χ4n) is 5.10. The van der Waals surface area contributed by atoms with E-state index < -0.39 is 0 Å². The van der Waals surface area contributed by atoms with Crippen LogP contribution >= 0.6 is 11.9 Å². The van der Waals surface area contributed by atoms with E-state index in [-0.39, 0.29) is 11.3 Å². The van der Waals surface area contributed by atoms with Gasteiger partial charge in [-0.25, -0.2) is 4.31 Å². The molecule has 0 aliphatic rings. The standard InChI is InChI=1S/C35H50N2S/c1-11-15-22-37(38-32(17-13-3)25(5)16-12-2)24-30-23-29(20-19-28(30)14-4)33(35(8,9)10)31-21-18-26(6)34(36)27(31)7/h11-13,16-21,23,33H,1,14-15,22,24,36H2,2-10H3/b16-12-,17-13-,32-25+. The van der Waals surface area contributed by atoms with Crippen molar-refractivity contribution < 1.29 is 0 Å². The Morgan fingerprint density at radius 2 is 1.74 bits per heavy atom. The highest BCUT2D eigenvalue weighted by molar-refractivity contribution is 8.01. The first-order chi connectivity index (χ1) is 18.0. The Balaban J connectivity index is 2.60. The van der Waals surface area contributed by atoms with E-state index >= 15 is 0 Å². The maximum atomic E-state index is 6.51. The van der Waals surface area contributed by atoms with Crippen molar-refractivity contribution in [3.8, 4) is 0 Å². The molecule has 0 saturated heterocycles. The monoisotopic (exact) mass is 530 g/mol. The van der Waals surface area contributed by atoms with Crippen LogP contribution in [0.3, 0.4) is 0 Å². The van der Waals surface area contributed by atoms with Gasteiger partial charge in [0.1, 0.15) is 0 Å². The number of benzene rings is 2. The normalized spacial score (nSPS) is 13.9. The molecule has 0 aliphatic carbocycles. The van der Waals surface area contributed by atoms with Crippen LogP contribution < -0.4 is 5.73 Å². The van der Waals surface area contributed by atoms with E-state index in [4.69, 9.17) is 5.73 Å². The number of nitrogen functional groups attached to an aromatic ring is 1. The predicted molar refractivity (Wildman–Crippen MR) is 173 cm³/mol. The van der Waals surface area contributed by atoms with Crippen LogP contribution in [-0.4, -0.2) is 10.8 Å². The third kappa shape index (κ3) is 8.25. The van der Waals surface area contributed by atoms with E-state index in [1.807, 2.05) is 18.0 Å². The molecule has 0 heterocycles. The van der Waals surface area contributed by atoms with Crippen LogP contribution in [0.5, 0.6) is 0 Å². The molecule has 1 unspecified atom stereocenters. The molecule has 0 fully saturated rings. The smallest absolute Gasteiger partial charge is 0.0376 e. The predicted octanol–water partition coefficient (Wildman–Crippen LogP) is 10.1. The van der Waals surface area contributed by atoms with Crippen LogP contribution in [0.25, 0.3) is 0 Å². The zero-order valence-electron chi connectivity index (χ0n) is 25.3. The summed E-state index contributed by atoms with van der Waals surface area (Å²) in [6, 6.07) is 11.6. The van der Waals surface area contributed by atoms with Crippen molar-refractivity contribution in [2.24, 2.45) is 5.41 Å². The Labute approximate surface area is 237 Å². The molecule has 206 valence electrons. The summed E-state index contributed by atoms with van der Waals surface area (Å²) in [5.41, 5.74) is 16.6. The highest BCUT2D eigenvalue weighted by atomic mass is 32.2. The molecule has 2 rings (SSSR count). The molecule has 2 N–H and O–H groups in total. The zero-order chi connectivity index (χ0) is 28.5. The molecule has 2 aromatic carbocycles. The Morgan fingerprint density at radius 3 is 2.32 bits per heavy atom. The second kappa shape index (κ2) is 14.6. The van der Waals surface area contributed by atoms with Gasteiger partial charge in [0.2, 0.25) is 0 Å². The van der Waals surface area contributed by atoms with Gasteiger partial charge in [-0.15, -0.1) is 6.58 Å². The second-order valence-corrected chi connectivity index (χ2v) is 12.4. The van der Waals surface area contributed by atoms with E-state index in [0.717, 1.165) is 37.2 Å². The van der Waals surface area contributed by atoms with Gasteiger partial charge >= 0.3 is 0 Å². The average Bonchev–Trinajstić information content (AvgIpc) is 2.86. The zero-order valence-corrected chi connectivity index (χ0v) is 26.1. The lowest BCUT2D eigenvalue weighted by molar-refractivity contribution is 0.357. The summed E-state index contributed by atoms with van der Waals surface area (Å²) in [7, 11) is 0. The second-order valence-electron chi connectivity index (χ2n) is 11.3. The van der Waals surface area contributed by atoms with Gasteiger partial charge in [-0.2, -0.15) is 0 Å². The highest BCUT2D eigenvalue weighted by Crippen LogP contribution is 2.44. The number of hydrogen-bond donors (Lipinski definition) is 1. The molecule has 0 amide bonds. The van der Waals surface area contributed by atoms with Crippen LogP contribution in [0.1, 0.15) is 94.2 Å². The van der Waals surface area contributed by atoms with Crippen LogP contribution in [0.4, 0.5) is 5.69 Å². The maximum Gasteiger partial charge on any atom is 0.0376 e. The number of allylic oxidation sites excluding steroid dienone is 5. The van der Waals surface area contributed by atoms with Crippen LogP contribution in [0.2, 0.25) is 0 Å². The molecule has 2 aromatic rings. The topological polar surface area (TPSA) is 29.3 Å². The fourth-order valence-corrected chi connectivity index (χ4v) is 6.18. The van der Waals surface area contributed by atoms with Crippen LogP contribution in [0.15, 0.2) is 77.8 Å². The Bertz CT molecular complexity index is 1180. The first-order valence-electron chi connectivity index (χ1n) is 14.0. The van der Waals surface area contributed by atoms with Gasteiger partial charge in [-0.05, 0) is 104 Å². The van der Waals surface area contributed by atoms with Gasteiger partial charge in [0, 0.05) is 29.6 Å². The summed E-state index contributed by atoms with van der Waals surface area (Å²) in [6.07, 6.45) is 12.6. The highest BCUT2D eigenvalue weighted by Gasteiger charge is 2.30. The number of nitrogens with two attached hydrogens (primary N) is 1. The average molecular weight is 531 g/mol.